The molecule has 0 bridgehead atoms. The van der Waals surface area contributed by atoms with E-state index in [9.17, 15) is 23.1 Å². The van der Waals surface area contributed by atoms with Gasteiger partial charge in [-0.1, -0.05) is 18.2 Å². The van der Waals surface area contributed by atoms with E-state index in [4.69, 9.17) is 0 Å². The van der Waals surface area contributed by atoms with Crippen LogP contribution in [0.3, 0.4) is 0 Å². The number of amides is 1. The summed E-state index contributed by atoms with van der Waals surface area (Å²) in [6.45, 7) is 0.194. The lowest BCUT2D eigenvalue weighted by Gasteiger charge is -2.17. The lowest BCUT2D eigenvalue weighted by molar-refractivity contribution is 0.0759. The van der Waals surface area contributed by atoms with Gasteiger partial charge in [0, 0.05) is 36.7 Å². The Morgan fingerprint density at radius 1 is 1.07 bits per heavy atom. The zero-order valence-corrected chi connectivity index (χ0v) is 14.8. The molecule has 0 saturated carbocycles. The summed E-state index contributed by atoms with van der Waals surface area (Å²) in [6.07, 6.45) is 1.40. The second-order valence-electron chi connectivity index (χ2n) is 6.98. The Hall–Kier alpha value is -2.93. The molecule has 0 unspecified atom stereocenters. The van der Waals surface area contributed by atoms with Gasteiger partial charge in [0.25, 0.3) is 5.91 Å². The molecule has 1 aliphatic heterocycles. The third kappa shape index (κ3) is 3.33. The van der Waals surface area contributed by atoms with Crippen LogP contribution in [0.25, 0.3) is 10.9 Å². The largest absolute Gasteiger partial charge is 0.391 e. The average molecular weight is 386 g/mol. The van der Waals surface area contributed by atoms with E-state index in [2.05, 4.69) is 4.98 Å². The van der Waals surface area contributed by atoms with Crippen LogP contribution >= 0.6 is 0 Å². The normalized spacial score (nSPS) is 19.4. The topological polar surface area (TPSA) is 53.4 Å². The Bertz CT molecular complexity index is 1050. The summed E-state index contributed by atoms with van der Waals surface area (Å²) in [5.74, 6) is -4.79. The van der Waals surface area contributed by atoms with Crippen molar-refractivity contribution in [3.05, 3.63) is 77.2 Å². The molecule has 7 heteroatoms. The third-order valence-electron chi connectivity index (χ3n) is 5.16. The number of halogens is 3. The Kier molecular flexibility index (Phi) is 4.77. The molecule has 144 valence electrons. The minimum atomic E-state index is -1.35. The van der Waals surface area contributed by atoms with Gasteiger partial charge in [0.05, 0.1) is 17.2 Å². The molecule has 1 fully saturated rings. The highest BCUT2D eigenvalue weighted by Crippen LogP contribution is 2.27. The molecule has 1 amide bonds. The predicted octanol–water partition coefficient (Wildman–Crippen LogP) is 3.33. The Labute approximate surface area is 159 Å². The van der Waals surface area contributed by atoms with Gasteiger partial charge in [0.2, 0.25) is 0 Å². The van der Waals surface area contributed by atoms with Gasteiger partial charge >= 0.3 is 0 Å². The number of carbonyl (C=O) groups excluding carboxylic acids is 1. The molecule has 3 aromatic rings. The zero-order chi connectivity index (χ0) is 19.8. The summed E-state index contributed by atoms with van der Waals surface area (Å²) >= 11 is 0. The van der Waals surface area contributed by atoms with Gasteiger partial charge in [0.15, 0.2) is 11.6 Å². The summed E-state index contributed by atoms with van der Waals surface area (Å²) in [7, 11) is 0. The first-order chi connectivity index (χ1) is 13.4. The molecule has 1 aromatic heterocycles. The number of aromatic nitrogens is 1. The SMILES string of the molecule is O=C(c1cc(F)c(F)cc1F)N1C[C@@H](Cc2ccnc3ccccc23)[C@H](O)C1. The molecule has 28 heavy (non-hydrogen) atoms. The van der Waals surface area contributed by atoms with Crippen LogP contribution in [0.5, 0.6) is 0 Å². The van der Waals surface area contributed by atoms with Crippen molar-refractivity contribution in [2.45, 2.75) is 12.5 Å². The molecule has 4 nitrogen and oxygen atoms in total. The second-order valence-corrected chi connectivity index (χ2v) is 6.98. The Morgan fingerprint density at radius 3 is 2.64 bits per heavy atom. The first kappa shape index (κ1) is 18.4. The summed E-state index contributed by atoms with van der Waals surface area (Å²) in [5.41, 5.74) is 1.29. The van der Waals surface area contributed by atoms with Crippen molar-refractivity contribution in [1.29, 1.82) is 0 Å². The molecule has 0 spiro atoms. The monoisotopic (exact) mass is 386 g/mol. The van der Waals surface area contributed by atoms with E-state index < -0.39 is 35.0 Å². The number of carbonyl (C=O) groups is 1. The highest BCUT2D eigenvalue weighted by molar-refractivity contribution is 5.94. The number of aliphatic hydroxyl groups is 1. The quantitative estimate of drug-likeness (QED) is 0.703. The summed E-state index contributed by atoms with van der Waals surface area (Å²) in [4.78, 5) is 18.1. The van der Waals surface area contributed by atoms with Gasteiger partial charge in [-0.25, -0.2) is 13.2 Å². The van der Waals surface area contributed by atoms with Crippen LogP contribution in [0.1, 0.15) is 15.9 Å². The molecular formula is C21H17F3N2O2. The number of pyridine rings is 1. The number of rotatable bonds is 3. The number of β-amino-alcohol motifs (C(OH)–C–C–N with tert-alkyl or cyclic N) is 1. The summed E-state index contributed by atoms with van der Waals surface area (Å²) < 4.78 is 40.5. The van der Waals surface area contributed by atoms with Crippen molar-refractivity contribution in [3.63, 3.8) is 0 Å². The van der Waals surface area contributed by atoms with Crippen molar-refractivity contribution in [1.82, 2.24) is 9.88 Å². The molecule has 4 rings (SSSR count). The number of likely N-dealkylation sites (tertiary alicyclic amines) is 1. The van der Waals surface area contributed by atoms with Crippen LogP contribution in [0, 0.1) is 23.4 Å². The molecule has 2 heterocycles. The van der Waals surface area contributed by atoms with Crippen LogP contribution in [0.4, 0.5) is 13.2 Å². The van der Waals surface area contributed by atoms with E-state index in [-0.39, 0.29) is 19.0 Å². The van der Waals surface area contributed by atoms with Crippen molar-refractivity contribution < 1.29 is 23.1 Å². The number of aliphatic hydroxyl groups excluding tert-OH is 1. The van der Waals surface area contributed by atoms with Gasteiger partial charge in [-0.3, -0.25) is 9.78 Å². The Balaban J connectivity index is 1.55. The van der Waals surface area contributed by atoms with Gasteiger partial charge in [-0.05, 0) is 30.2 Å². The maximum Gasteiger partial charge on any atom is 0.257 e. The molecular weight excluding hydrogens is 369 g/mol. The molecule has 1 N–H and O–H groups in total. The average Bonchev–Trinajstić information content (AvgIpc) is 3.05. The van der Waals surface area contributed by atoms with Gasteiger partial charge in [0.1, 0.15) is 5.82 Å². The van der Waals surface area contributed by atoms with E-state index >= 15 is 0 Å². The van der Waals surface area contributed by atoms with Crippen molar-refractivity contribution in [2.75, 3.05) is 13.1 Å². The van der Waals surface area contributed by atoms with Crippen molar-refractivity contribution >= 4 is 16.8 Å². The second kappa shape index (κ2) is 7.24. The van der Waals surface area contributed by atoms with Gasteiger partial charge < -0.3 is 10.0 Å². The first-order valence-electron chi connectivity index (χ1n) is 8.88. The number of hydrogen-bond donors (Lipinski definition) is 1. The van der Waals surface area contributed by atoms with Crippen LogP contribution < -0.4 is 0 Å². The highest BCUT2D eigenvalue weighted by Gasteiger charge is 2.35. The predicted molar refractivity (Wildman–Crippen MR) is 97.2 cm³/mol. The van der Waals surface area contributed by atoms with Crippen molar-refractivity contribution in [2.24, 2.45) is 5.92 Å². The maximum atomic E-state index is 13.9. The van der Waals surface area contributed by atoms with E-state index in [0.29, 0.717) is 18.6 Å². The smallest absolute Gasteiger partial charge is 0.257 e. The lowest BCUT2D eigenvalue weighted by atomic mass is 9.94. The van der Waals surface area contributed by atoms with E-state index in [1.165, 1.54) is 4.90 Å². The number of hydrogen-bond acceptors (Lipinski definition) is 3. The van der Waals surface area contributed by atoms with Crippen LogP contribution in [0.2, 0.25) is 0 Å². The lowest BCUT2D eigenvalue weighted by Crippen LogP contribution is -2.30. The van der Waals surface area contributed by atoms with Crippen LogP contribution in [0.15, 0.2) is 48.7 Å². The van der Waals surface area contributed by atoms with Crippen molar-refractivity contribution in [3.8, 4) is 0 Å². The van der Waals surface area contributed by atoms with E-state index in [0.717, 1.165) is 16.5 Å². The summed E-state index contributed by atoms with van der Waals surface area (Å²) in [6, 6.07) is 10.4. The number of para-hydroxylation sites is 1. The van der Waals surface area contributed by atoms with Crippen LogP contribution in [-0.4, -0.2) is 40.1 Å². The molecule has 1 aliphatic rings. The zero-order valence-electron chi connectivity index (χ0n) is 14.8. The molecule has 1 saturated heterocycles. The maximum absolute atomic E-state index is 13.9. The fourth-order valence-electron chi connectivity index (χ4n) is 3.69. The molecule has 2 atom stereocenters. The highest BCUT2D eigenvalue weighted by atomic mass is 19.2. The van der Waals surface area contributed by atoms with E-state index in [1.54, 1.807) is 6.20 Å². The number of benzene rings is 2. The fourth-order valence-corrected chi connectivity index (χ4v) is 3.69. The molecule has 0 aliphatic carbocycles. The van der Waals surface area contributed by atoms with Gasteiger partial charge in [-0.15, -0.1) is 0 Å². The number of fused-ring (bicyclic) bond motifs is 1. The van der Waals surface area contributed by atoms with Gasteiger partial charge in [-0.2, -0.15) is 0 Å². The van der Waals surface area contributed by atoms with E-state index in [1.807, 2.05) is 30.3 Å². The molecule has 2 aromatic carbocycles. The molecule has 0 radical (unpaired) electrons. The third-order valence-corrected chi connectivity index (χ3v) is 5.16. The Morgan fingerprint density at radius 2 is 1.82 bits per heavy atom. The number of nitrogens with zero attached hydrogens (tertiary/aromatic N) is 2. The minimum Gasteiger partial charge on any atom is -0.391 e. The summed E-state index contributed by atoms with van der Waals surface area (Å²) in [5, 5.41) is 11.4. The van der Waals surface area contributed by atoms with Crippen LogP contribution in [-0.2, 0) is 6.42 Å². The fraction of sp³-hybridized carbons (Fsp3) is 0.238. The first-order valence-corrected chi connectivity index (χ1v) is 8.88. The standard InChI is InChI=1S/C21H17F3N2O2/c22-16-9-18(24)17(23)8-15(16)21(28)26-10-13(20(27)11-26)7-12-5-6-25-19-4-2-1-3-14(12)19/h1-6,8-9,13,20,27H,7,10-11H2/t13-,20-/m1/s1. The minimum absolute atomic E-state index is 0.00491.